The Bertz CT molecular complexity index is 1180. The van der Waals surface area contributed by atoms with Gasteiger partial charge in [0.25, 0.3) is 0 Å². The predicted octanol–water partition coefficient (Wildman–Crippen LogP) is 0.100. The van der Waals surface area contributed by atoms with Gasteiger partial charge in [0.15, 0.2) is 17.1 Å². The molecule has 2 heterocycles. The Hall–Kier alpha value is -3.51. The maximum Gasteiger partial charge on any atom is 0.238 e. The van der Waals surface area contributed by atoms with Crippen molar-refractivity contribution in [1.82, 2.24) is 0 Å². The van der Waals surface area contributed by atoms with E-state index in [9.17, 15) is 40.5 Å². The molecule has 0 amide bonds. The topological polar surface area (TPSA) is 190 Å². The fourth-order valence-electron chi connectivity index (χ4n) is 3.21. The number of phenolic OH excluding ortho intramolecular Hbond substituents is 3. The van der Waals surface area contributed by atoms with Gasteiger partial charge in [0.1, 0.15) is 35.2 Å². The number of aliphatic hydroxyl groups is 3. The highest BCUT2D eigenvalue weighted by Crippen LogP contribution is 2.41. The predicted molar refractivity (Wildman–Crippen MR) is 103 cm³/mol. The molecule has 4 rings (SSSR count). The molecule has 11 heteroatoms. The van der Waals surface area contributed by atoms with Gasteiger partial charge in [0.05, 0.1) is 6.61 Å². The normalized spacial score (nSPS) is 23.7. The molecule has 31 heavy (non-hydrogen) atoms. The van der Waals surface area contributed by atoms with Crippen molar-refractivity contribution in [1.29, 1.82) is 0 Å². The summed E-state index contributed by atoms with van der Waals surface area (Å²) in [7, 11) is 0. The Morgan fingerprint density at radius 1 is 0.903 bits per heavy atom. The Balaban J connectivity index is 1.67. The smallest absolute Gasteiger partial charge is 0.238 e. The van der Waals surface area contributed by atoms with Gasteiger partial charge in [-0.05, 0) is 24.3 Å². The molecule has 1 aliphatic rings. The highest BCUT2D eigenvalue weighted by atomic mass is 16.7. The highest BCUT2D eigenvalue weighted by Gasteiger charge is 2.39. The monoisotopic (exact) mass is 434 g/mol. The summed E-state index contributed by atoms with van der Waals surface area (Å²) < 4.78 is 16.0. The number of aliphatic hydroxyl groups excluding tert-OH is 3. The van der Waals surface area contributed by atoms with E-state index in [1.807, 2.05) is 0 Å². The van der Waals surface area contributed by atoms with Crippen LogP contribution in [-0.4, -0.2) is 67.0 Å². The van der Waals surface area contributed by atoms with Crippen LogP contribution in [0.2, 0.25) is 0 Å². The van der Waals surface area contributed by atoms with Crippen molar-refractivity contribution in [3.63, 3.8) is 0 Å². The van der Waals surface area contributed by atoms with Crippen molar-refractivity contribution in [3.8, 4) is 40.1 Å². The number of fused-ring (bicyclic) bond motifs is 1. The molecule has 1 fully saturated rings. The van der Waals surface area contributed by atoms with E-state index in [-0.39, 0.29) is 23.7 Å². The van der Waals surface area contributed by atoms with Crippen LogP contribution >= 0.6 is 0 Å². The van der Waals surface area contributed by atoms with Crippen LogP contribution in [0.5, 0.6) is 28.7 Å². The Labute approximate surface area is 173 Å². The lowest BCUT2D eigenvalue weighted by Gasteiger charge is -2.34. The Morgan fingerprint density at radius 2 is 1.58 bits per heavy atom. The largest absolute Gasteiger partial charge is 0.507 e. The minimum Gasteiger partial charge on any atom is -0.507 e. The zero-order valence-electron chi connectivity index (χ0n) is 15.7. The van der Waals surface area contributed by atoms with Gasteiger partial charge in [-0.1, -0.05) is 0 Å². The summed E-state index contributed by atoms with van der Waals surface area (Å²) in [5.74, 6) is -3.15. The van der Waals surface area contributed by atoms with Crippen LogP contribution in [0, 0.1) is 0 Å². The van der Waals surface area contributed by atoms with Crippen molar-refractivity contribution in [3.05, 3.63) is 40.6 Å². The molecule has 0 radical (unpaired) electrons. The second-order valence-electron chi connectivity index (χ2n) is 6.97. The van der Waals surface area contributed by atoms with Gasteiger partial charge in [-0.3, -0.25) is 4.79 Å². The second kappa shape index (κ2) is 7.63. The van der Waals surface area contributed by atoms with Crippen molar-refractivity contribution in [2.75, 3.05) is 6.61 Å². The first-order chi connectivity index (χ1) is 14.7. The molecule has 7 N–H and O–H groups in total. The summed E-state index contributed by atoms with van der Waals surface area (Å²) >= 11 is 0. The van der Waals surface area contributed by atoms with E-state index >= 15 is 0 Å². The number of ether oxygens (including phenoxy) is 2. The first-order valence-corrected chi connectivity index (χ1v) is 9.05. The maximum atomic E-state index is 12.5. The first-order valence-electron chi connectivity index (χ1n) is 9.05. The van der Waals surface area contributed by atoms with Gasteiger partial charge >= 0.3 is 0 Å². The molecule has 0 unspecified atom stereocenters. The molecule has 0 bridgehead atoms. The zero-order chi connectivity index (χ0) is 22.4. The maximum absolute atomic E-state index is 12.5. The van der Waals surface area contributed by atoms with E-state index in [1.54, 1.807) is 0 Å². The average Bonchev–Trinajstić information content (AvgIpc) is 2.75. The number of benzene rings is 2. The van der Waals surface area contributed by atoms with Crippen LogP contribution in [0.4, 0.5) is 0 Å². The van der Waals surface area contributed by atoms with E-state index in [0.29, 0.717) is 0 Å². The van der Waals surface area contributed by atoms with Crippen LogP contribution in [0.3, 0.4) is 0 Å². The molecule has 0 saturated carbocycles. The third-order valence-corrected chi connectivity index (χ3v) is 4.90. The lowest BCUT2D eigenvalue weighted by Crippen LogP contribution is -2.54. The van der Waals surface area contributed by atoms with Crippen LogP contribution < -0.4 is 10.2 Å². The minimum atomic E-state index is -1.49. The fraction of sp³-hybridized carbons (Fsp3) is 0.250. The lowest BCUT2D eigenvalue weighted by molar-refractivity contribution is -0.242. The van der Waals surface area contributed by atoms with Crippen LogP contribution in [0.25, 0.3) is 22.3 Å². The molecule has 164 valence electrons. The van der Waals surface area contributed by atoms with Crippen molar-refractivity contribution >= 4 is 11.0 Å². The van der Waals surface area contributed by atoms with E-state index in [2.05, 4.69) is 0 Å². The van der Waals surface area contributed by atoms with Gasteiger partial charge in [0.2, 0.25) is 23.2 Å². The number of rotatable bonds is 3. The summed E-state index contributed by atoms with van der Waals surface area (Å²) in [5, 5.41) is 68.4. The lowest BCUT2D eigenvalue weighted by atomic mass is 10.1. The fourth-order valence-corrected chi connectivity index (χ4v) is 3.21. The van der Waals surface area contributed by atoms with Crippen LogP contribution in [0.1, 0.15) is 0 Å². The molecule has 1 saturated heterocycles. The summed E-state index contributed by atoms with van der Waals surface area (Å²) in [6.07, 6.45) is -5.41. The quantitative estimate of drug-likeness (QED) is 0.219. The molecule has 4 atom stereocenters. The van der Waals surface area contributed by atoms with Gasteiger partial charge < -0.3 is 49.6 Å². The molecular weight excluding hydrogens is 416 g/mol. The molecule has 2 aromatic carbocycles. The third kappa shape index (κ3) is 3.49. The van der Waals surface area contributed by atoms with E-state index < -0.39 is 64.0 Å². The second-order valence-corrected chi connectivity index (χ2v) is 6.97. The molecule has 1 aliphatic heterocycles. The number of hydrogen-bond acceptors (Lipinski definition) is 11. The van der Waals surface area contributed by atoms with Gasteiger partial charge in [-0.25, -0.2) is 0 Å². The van der Waals surface area contributed by atoms with Crippen molar-refractivity contribution < 1.29 is 49.6 Å². The van der Waals surface area contributed by atoms with Crippen LogP contribution in [0.15, 0.2) is 39.5 Å². The number of phenols is 3. The summed E-state index contributed by atoms with van der Waals surface area (Å²) in [6, 6.07) is 6.31. The number of hydrogen-bond donors (Lipinski definition) is 7. The van der Waals surface area contributed by atoms with Gasteiger partial charge in [-0.2, -0.15) is 0 Å². The third-order valence-electron chi connectivity index (χ3n) is 4.90. The van der Waals surface area contributed by atoms with E-state index in [0.717, 1.165) is 6.07 Å². The first kappa shape index (κ1) is 20.8. The summed E-state index contributed by atoms with van der Waals surface area (Å²) in [5.41, 5.74) is -1.34. The average molecular weight is 434 g/mol. The van der Waals surface area contributed by atoms with Crippen molar-refractivity contribution in [2.45, 2.75) is 24.6 Å². The van der Waals surface area contributed by atoms with E-state index in [1.165, 1.54) is 24.3 Å². The molecule has 3 aromatic rings. The standard InChI is InChI=1S/C20H18O11/c21-9-5-10(22)14(25)19-12(9)15(26)16(27)18(31-19)7-1-3-8(4-2-7)30-20-17(28)13(24)11(23)6-29-20/h1-5,11,13,17,20-25,27-28H,6H2/t11-,13-,17+,20+/m0/s1. The zero-order valence-corrected chi connectivity index (χ0v) is 15.7. The molecule has 0 aliphatic carbocycles. The molecule has 0 spiro atoms. The van der Waals surface area contributed by atoms with Crippen LogP contribution in [-0.2, 0) is 4.74 Å². The SMILES string of the molecule is O=c1c(O)c(-c2ccc(O[C@H]3OC[C@H](O)[C@H](O)[C@H]3O)cc2)oc2c(O)c(O)cc(O)c12. The Kier molecular flexibility index (Phi) is 5.11. The molecule has 1 aromatic heterocycles. The summed E-state index contributed by atoms with van der Waals surface area (Å²) in [6.45, 7) is -0.236. The Morgan fingerprint density at radius 3 is 2.26 bits per heavy atom. The summed E-state index contributed by atoms with van der Waals surface area (Å²) in [4.78, 5) is 12.5. The minimum absolute atomic E-state index is 0.187. The molecular formula is C20H18O11. The number of aromatic hydroxyl groups is 4. The van der Waals surface area contributed by atoms with E-state index in [4.69, 9.17) is 13.9 Å². The van der Waals surface area contributed by atoms with Gasteiger partial charge in [0, 0.05) is 11.6 Å². The van der Waals surface area contributed by atoms with Crippen molar-refractivity contribution in [2.24, 2.45) is 0 Å². The highest BCUT2D eigenvalue weighted by molar-refractivity contribution is 5.92. The van der Waals surface area contributed by atoms with Gasteiger partial charge in [-0.15, -0.1) is 0 Å². The molecule has 11 nitrogen and oxygen atoms in total.